The molecule has 120 valence electrons. The van der Waals surface area contributed by atoms with Crippen molar-refractivity contribution in [2.45, 2.75) is 45.6 Å². The first kappa shape index (κ1) is 16.5. The molecule has 1 aromatic carbocycles. The molecule has 22 heavy (non-hydrogen) atoms. The lowest BCUT2D eigenvalue weighted by atomic mass is 9.76. The smallest absolute Gasteiger partial charge is 0.410 e. The summed E-state index contributed by atoms with van der Waals surface area (Å²) in [6, 6.07) is 9.96. The van der Waals surface area contributed by atoms with E-state index in [9.17, 15) is 9.59 Å². The van der Waals surface area contributed by atoms with E-state index in [0.29, 0.717) is 19.5 Å². The Bertz CT molecular complexity index is 521. The maximum atomic E-state index is 12.3. The minimum Gasteiger partial charge on any atom is -0.444 e. The summed E-state index contributed by atoms with van der Waals surface area (Å²) >= 11 is 0. The van der Waals surface area contributed by atoms with Gasteiger partial charge in [-0.25, -0.2) is 4.79 Å². The van der Waals surface area contributed by atoms with Gasteiger partial charge in [0.25, 0.3) is 0 Å². The van der Waals surface area contributed by atoms with Gasteiger partial charge in [0.15, 0.2) is 0 Å². The van der Waals surface area contributed by atoms with E-state index < -0.39 is 11.0 Å². The van der Waals surface area contributed by atoms with Gasteiger partial charge >= 0.3 is 6.09 Å². The van der Waals surface area contributed by atoms with Crippen LogP contribution in [0.1, 0.15) is 39.2 Å². The average molecular weight is 303 g/mol. The number of carbonyl (C=O) groups excluding carboxylic acids is 2. The van der Waals surface area contributed by atoms with Gasteiger partial charge in [0.05, 0.1) is 0 Å². The lowest BCUT2D eigenvalue weighted by molar-refractivity contribution is -0.119. The molecule has 1 atom stereocenters. The minimum atomic E-state index is -0.516. The number of ether oxygens (including phenoxy) is 1. The summed E-state index contributed by atoms with van der Waals surface area (Å²) in [6.45, 7) is 6.64. The number of hydrogen-bond acceptors (Lipinski definition) is 3. The highest BCUT2D eigenvalue weighted by Gasteiger charge is 2.38. The molecule has 0 aliphatic carbocycles. The van der Waals surface area contributed by atoms with Crippen molar-refractivity contribution in [3.63, 3.8) is 0 Å². The van der Waals surface area contributed by atoms with Crippen LogP contribution in [0.3, 0.4) is 0 Å². The first-order valence-corrected chi connectivity index (χ1v) is 7.82. The van der Waals surface area contributed by atoms with Crippen molar-refractivity contribution in [3.05, 3.63) is 35.9 Å². The van der Waals surface area contributed by atoms with Crippen molar-refractivity contribution in [3.8, 4) is 0 Å². The van der Waals surface area contributed by atoms with Crippen molar-refractivity contribution in [2.75, 3.05) is 13.1 Å². The van der Waals surface area contributed by atoms with Crippen LogP contribution in [-0.2, 0) is 16.0 Å². The van der Waals surface area contributed by atoms with Crippen LogP contribution in [0, 0.1) is 5.41 Å². The number of carbonyl (C=O) groups is 2. The number of hydrogen-bond donors (Lipinski definition) is 0. The van der Waals surface area contributed by atoms with E-state index in [-0.39, 0.29) is 6.09 Å². The van der Waals surface area contributed by atoms with Gasteiger partial charge in [0, 0.05) is 18.5 Å². The molecule has 1 aliphatic heterocycles. The third-order valence-corrected chi connectivity index (χ3v) is 3.91. The lowest BCUT2D eigenvalue weighted by Gasteiger charge is -2.39. The second-order valence-corrected chi connectivity index (χ2v) is 7.15. The van der Waals surface area contributed by atoms with E-state index in [2.05, 4.69) is 0 Å². The van der Waals surface area contributed by atoms with Crippen molar-refractivity contribution in [1.82, 2.24) is 4.90 Å². The maximum absolute atomic E-state index is 12.3. The van der Waals surface area contributed by atoms with E-state index >= 15 is 0 Å². The zero-order valence-corrected chi connectivity index (χ0v) is 13.7. The molecule has 0 spiro atoms. The summed E-state index contributed by atoms with van der Waals surface area (Å²) in [5.41, 5.74) is 0.106. The van der Waals surface area contributed by atoms with E-state index in [0.717, 1.165) is 24.7 Å². The van der Waals surface area contributed by atoms with Crippen molar-refractivity contribution < 1.29 is 14.3 Å². The van der Waals surface area contributed by atoms with Crippen LogP contribution in [0.25, 0.3) is 0 Å². The Hall–Kier alpha value is -1.84. The highest BCUT2D eigenvalue weighted by atomic mass is 16.6. The highest BCUT2D eigenvalue weighted by molar-refractivity contribution is 5.70. The molecular formula is C18H25NO3. The van der Waals surface area contributed by atoms with Gasteiger partial charge in [-0.15, -0.1) is 0 Å². The molecule has 4 heteroatoms. The van der Waals surface area contributed by atoms with Crippen molar-refractivity contribution in [1.29, 1.82) is 0 Å². The predicted molar refractivity (Wildman–Crippen MR) is 85.7 cm³/mol. The highest BCUT2D eigenvalue weighted by Crippen LogP contribution is 2.32. The molecule has 0 bridgehead atoms. The summed E-state index contributed by atoms with van der Waals surface area (Å²) in [5, 5.41) is 0. The average Bonchev–Trinajstić information content (AvgIpc) is 2.47. The molecule has 1 aromatic rings. The Balaban J connectivity index is 2.09. The Morgan fingerprint density at radius 3 is 2.59 bits per heavy atom. The maximum Gasteiger partial charge on any atom is 0.410 e. The van der Waals surface area contributed by atoms with Crippen molar-refractivity contribution >= 4 is 12.4 Å². The molecule has 0 saturated carbocycles. The SMILES string of the molecule is CC(C)(C)OC(=O)N1CCC[C@](C=O)(Cc2ccccc2)C1. The molecule has 1 amide bonds. The fraction of sp³-hybridized carbons (Fsp3) is 0.556. The van der Waals surface area contributed by atoms with Crippen LogP contribution in [-0.4, -0.2) is 36.0 Å². The monoisotopic (exact) mass is 303 g/mol. The zero-order valence-electron chi connectivity index (χ0n) is 13.7. The molecule has 0 aromatic heterocycles. The molecule has 0 unspecified atom stereocenters. The molecular weight excluding hydrogens is 278 g/mol. The Kier molecular flexibility index (Phi) is 4.89. The van der Waals surface area contributed by atoms with E-state index in [4.69, 9.17) is 4.74 Å². The Labute approximate surface area is 132 Å². The normalized spacial score (nSPS) is 22.2. The molecule has 0 radical (unpaired) electrons. The van der Waals surface area contributed by atoms with E-state index in [1.165, 1.54) is 0 Å². The first-order chi connectivity index (χ1) is 10.3. The number of aldehydes is 1. The molecule has 0 N–H and O–H groups in total. The summed E-state index contributed by atoms with van der Waals surface area (Å²) in [4.78, 5) is 25.7. The van der Waals surface area contributed by atoms with Crippen molar-refractivity contribution in [2.24, 2.45) is 5.41 Å². The summed E-state index contributed by atoms with van der Waals surface area (Å²) in [6.07, 6.45) is 2.99. The number of benzene rings is 1. The number of nitrogens with zero attached hydrogens (tertiary/aromatic N) is 1. The number of amides is 1. The third-order valence-electron chi connectivity index (χ3n) is 3.91. The summed E-state index contributed by atoms with van der Waals surface area (Å²) in [7, 11) is 0. The van der Waals surface area contributed by atoms with Gasteiger partial charge < -0.3 is 14.4 Å². The Morgan fingerprint density at radius 1 is 1.32 bits per heavy atom. The minimum absolute atomic E-state index is 0.327. The second-order valence-electron chi connectivity index (χ2n) is 7.15. The lowest BCUT2D eigenvalue weighted by Crippen LogP contribution is -2.49. The van der Waals surface area contributed by atoms with Gasteiger partial charge in [-0.2, -0.15) is 0 Å². The quantitative estimate of drug-likeness (QED) is 0.804. The van der Waals surface area contributed by atoms with Gasteiger partial charge in [-0.1, -0.05) is 30.3 Å². The zero-order chi connectivity index (χ0) is 16.2. The molecule has 1 heterocycles. The standard InChI is InChI=1S/C18H25NO3/c1-17(2,3)22-16(21)19-11-7-10-18(13-19,14-20)12-15-8-5-4-6-9-15/h4-6,8-9,14H,7,10-13H2,1-3H3/t18-/m0/s1. The fourth-order valence-corrected chi connectivity index (χ4v) is 2.93. The Morgan fingerprint density at radius 2 is 2.00 bits per heavy atom. The van der Waals surface area contributed by atoms with E-state index in [1.807, 2.05) is 51.1 Å². The molecule has 1 saturated heterocycles. The first-order valence-electron chi connectivity index (χ1n) is 7.82. The number of rotatable bonds is 3. The van der Waals surface area contributed by atoms with Gasteiger partial charge in [0.2, 0.25) is 0 Å². The summed E-state index contributed by atoms with van der Waals surface area (Å²) < 4.78 is 5.44. The van der Waals surface area contributed by atoms with Crippen LogP contribution >= 0.6 is 0 Å². The molecule has 1 aliphatic rings. The van der Waals surface area contributed by atoms with Crippen LogP contribution in [0.15, 0.2) is 30.3 Å². The van der Waals surface area contributed by atoms with Crippen LogP contribution < -0.4 is 0 Å². The number of likely N-dealkylation sites (tertiary alicyclic amines) is 1. The second kappa shape index (κ2) is 6.51. The van der Waals surface area contributed by atoms with Crippen LogP contribution in [0.4, 0.5) is 4.79 Å². The fourth-order valence-electron chi connectivity index (χ4n) is 2.93. The predicted octanol–water partition coefficient (Wildman–Crippen LogP) is 3.45. The van der Waals surface area contributed by atoms with Gasteiger partial charge in [-0.05, 0) is 45.6 Å². The van der Waals surface area contributed by atoms with E-state index in [1.54, 1.807) is 4.90 Å². The number of piperidine rings is 1. The molecule has 4 nitrogen and oxygen atoms in total. The third kappa shape index (κ3) is 4.33. The van der Waals surface area contributed by atoms with Crippen LogP contribution in [0.5, 0.6) is 0 Å². The van der Waals surface area contributed by atoms with Gasteiger partial charge in [-0.3, -0.25) is 0 Å². The molecule has 2 rings (SSSR count). The topological polar surface area (TPSA) is 46.6 Å². The van der Waals surface area contributed by atoms with Gasteiger partial charge in [0.1, 0.15) is 11.9 Å². The van der Waals surface area contributed by atoms with Crippen LogP contribution in [0.2, 0.25) is 0 Å². The summed E-state index contributed by atoms with van der Waals surface area (Å²) in [5.74, 6) is 0. The molecule has 1 fully saturated rings. The largest absolute Gasteiger partial charge is 0.444 e.